The summed E-state index contributed by atoms with van der Waals surface area (Å²) in [7, 11) is 1.19. The number of nitrogens with one attached hydrogen (secondary N) is 1. The van der Waals surface area contributed by atoms with Gasteiger partial charge >= 0.3 is 0 Å². The summed E-state index contributed by atoms with van der Waals surface area (Å²) in [5, 5.41) is 3.10. The molecule has 1 aliphatic rings. The van der Waals surface area contributed by atoms with E-state index in [1.165, 1.54) is 22.7 Å². The van der Waals surface area contributed by atoms with E-state index < -0.39 is 10.2 Å². The van der Waals surface area contributed by atoms with Crippen molar-refractivity contribution < 1.29 is 17.9 Å². The van der Waals surface area contributed by atoms with Crippen molar-refractivity contribution in [2.75, 3.05) is 34.3 Å². The van der Waals surface area contributed by atoms with E-state index in [9.17, 15) is 13.2 Å². The van der Waals surface area contributed by atoms with Crippen LogP contribution < -0.4 is 10.1 Å². The summed E-state index contributed by atoms with van der Waals surface area (Å²) in [6, 6.07) is 3.94. The maximum atomic E-state index is 12.9. The molecule has 2 atom stereocenters. The Morgan fingerprint density at radius 2 is 1.90 bits per heavy atom. The zero-order valence-corrected chi connectivity index (χ0v) is 19.5. The molecule has 0 aliphatic carbocycles. The van der Waals surface area contributed by atoms with Crippen molar-refractivity contribution in [3.63, 3.8) is 0 Å². The smallest absolute Gasteiger partial charge is 0.281 e. The molecule has 7 nitrogen and oxygen atoms in total. The summed E-state index contributed by atoms with van der Waals surface area (Å²) in [4.78, 5) is 12.9. The van der Waals surface area contributed by atoms with Crippen LogP contribution in [0.2, 0.25) is 0 Å². The van der Waals surface area contributed by atoms with Crippen molar-refractivity contribution >= 4 is 16.1 Å². The van der Waals surface area contributed by atoms with Gasteiger partial charge < -0.3 is 10.1 Å². The Kier molecular flexibility index (Phi) is 7.70. The second-order valence-electron chi connectivity index (χ2n) is 8.32. The molecule has 1 fully saturated rings. The zero-order chi connectivity index (χ0) is 21.9. The molecule has 1 saturated heterocycles. The monoisotopic (exact) mass is 425 g/mol. The molecule has 1 aromatic carbocycles. The van der Waals surface area contributed by atoms with Crippen LogP contribution in [0.25, 0.3) is 0 Å². The summed E-state index contributed by atoms with van der Waals surface area (Å²) >= 11 is 0. The largest absolute Gasteiger partial charge is 0.496 e. The number of carbonyl (C=O) groups is 1. The van der Waals surface area contributed by atoms with Crippen molar-refractivity contribution in [3.05, 3.63) is 28.8 Å². The second kappa shape index (κ2) is 9.45. The van der Waals surface area contributed by atoms with Gasteiger partial charge in [0, 0.05) is 27.2 Å². The molecule has 1 amide bonds. The van der Waals surface area contributed by atoms with Crippen LogP contribution in [0.1, 0.15) is 62.3 Å². The van der Waals surface area contributed by atoms with Gasteiger partial charge in [-0.05, 0) is 61.4 Å². The maximum absolute atomic E-state index is 12.9. The lowest BCUT2D eigenvalue weighted by Gasteiger charge is -2.33. The third kappa shape index (κ3) is 5.29. The topological polar surface area (TPSA) is 79.0 Å². The molecule has 0 unspecified atom stereocenters. The number of methoxy groups -OCH3 is 1. The molecule has 1 heterocycles. The molecule has 29 heavy (non-hydrogen) atoms. The Balaban J connectivity index is 2.15. The fourth-order valence-corrected chi connectivity index (χ4v) is 5.01. The first-order valence-electron chi connectivity index (χ1n) is 10.1. The lowest BCUT2D eigenvalue weighted by molar-refractivity contribution is -0.126. The Morgan fingerprint density at radius 1 is 1.24 bits per heavy atom. The number of aryl methyl sites for hydroxylation is 1. The van der Waals surface area contributed by atoms with Gasteiger partial charge in [-0.15, -0.1) is 0 Å². The van der Waals surface area contributed by atoms with Crippen molar-refractivity contribution in [3.8, 4) is 5.75 Å². The van der Waals surface area contributed by atoms with E-state index in [4.69, 9.17) is 4.74 Å². The molecule has 1 aromatic rings. The number of carbonyl (C=O) groups excluding carboxylic acids is 1. The van der Waals surface area contributed by atoms with E-state index in [1.54, 1.807) is 7.11 Å². The normalized spacial score (nSPS) is 19.4. The van der Waals surface area contributed by atoms with Crippen LogP contribution in [-0.2, 0) is 15.0 Å². The highest BCUT2D eigenvalue weighted by atomic mass is 32.2. The third-order valence-corrected chi connectivity index (χ3v) is 7.52. The van der Waals surface area contributed by atoms with Crippen LogP contribution >= 0.6 is 0 Å². The number of piperidine rings is 1. The SMILES string of the molecule is COc1cc(C)c([C@@H](C)NC(=O)[C@H]2CCCN(S(=O)(=O)N(C)C)C2)cc1C(C)C. The molecule has 2 rings (SSSR count). The van der Waals surface area contributed by atoms with Gasteiger partial charge in [0.25, 0.3) is 10.2 Å². The second-order valence-corrected chi connectivity index (χ2v) is 10.5. The molecular formula is C21H35N3O4S. The number of hydrogen-bond acceptors (Lipinski definition) is 4. The fourth-order valence-electron chi connectivity index (χ4n) is 3.82. The third-order valence-electron chi connectivity index (χ3n) is 5.61. The zero-order valence-electron chi connectivity index (χ0n) is 18.7. The van der Waals surface area contributed by atoms with Crippen LogP contribution in [0, 0.1) is 12.8 Å². The molecule has 0 radical (unpaired) electrons. The van der Waals surface area contributed by atoms with Gasteiger partial charge in [-0.1, -0.05) is 13.8 Å². The Labute approximate surface area is 175 Å². The van der Waals surface area contributed by atoms with E-state index >= 15 is 0 Å². The average molecular weight is 426 g/mol. The Bertz CT molecular complexity index is 837. The predicted molar refractivity (Wildman–Crippen MR) is 115 cm³/mol. The van der Waals surface area contributed by atoms with E-state index in [-0.39, 0.29) is 24.4 Å². The van der Waals surface area contributed by atoms with Crippen molar-refractivity contribution in [1.29, 1.82) is 0 Å². The highest BCUT2D eigenvalue weighted by Crippen LogP contribution is 2.32. The van der Waals surface area contributed by atoms with Crippen LogP contribution in [0.5, 0.6) is 5.75 Å². The summed E-state index contributed by atoms with van der Waals surface area (Å²) < 4.78 is 32.9. The van der Waals surface area contributed by atoms with Crippen LogP contribution in [0.15, 0.2) is 12.1 Å². The Morgan fingerprint density at radius 3 is 2.45 bits per heavy atom. The number of rotatable bonds is 7. The van der Waals surface area contributed by atoms with Crippen molar-refractivity contribution in [1.82, 2.24) is 13.9 Å². The molecule has 1 aliphatic heterocycles. The van der Waals surface area contributed by atoms with Gasteiger partial charge in [-0.2, -0.15) is 17.0 Å². The minimum atomic E-state index is -3.50. The molecule has 0 spiro atoms. The molecular weight excluding hydrogens is 390 g/mol. The van der Waals surface area contributed by atoms with E-state index in [0.29, 0.717) is 25.3 Å². The molecule has 164 valence electrons. The van der Waals surface area contributed by atoms with E-state index in [0.717, 1.165) is 22.4 Å². The fraction of sp³-hybridized carbons (Fsp3) is 0.667. The summed E-state index contributed by atoms with van der Waals surface area (Å²) in [5.41, 5.74) is 3.21. The summed E-state index contributed by atoms with van der Waals surface area (Å²) in [6.45, 7) is 8.88. The summed E-state index contributed by atoms with van der Waals surface area (Å²) in [5.74, 6) is 0.716. The van der Waals surface area contributed by atoms with E-state index in [1.807, 2.05) is 19.9 Å². The average Bonchev–Trinajstić information content (AvgIpc) is 2.67. The molecule has 0 aromatic heterocycles. The number of benzene rings is 1. The van der Waals surface area contributed by atoms with Crippen LogP contribution in [0.3, 0.4) is 0 Å². The van der Waals surface area contributed by atoms with Gasteiger partial charge in [0.05, 0.1) is 19.1 Å². The quantitative estimate of drug-likeness (QED) is 0.729. The molecule has 1 N–H and O–H groups in total. The lowest BCUT2D eigenvalue weighted by Crippen LogP contribution is -2.49. The van der Waals surface area contributed by atoms with Gasteiger partial charge in [-0.3, -0.25) is 4.79 Å². The van der Waals surface area contributed by atoms with E-state index in [2.05, 4.69) is 25.2 Å². The Hall–Kier alpha value is -1.64. The van der Waals surface area contributed by atoms with Crippen molar-refractivity contribution in [2.24, 2.45) is 5.92 Å². The number of amides is 1. The van der Waals surface area contributed by atoms with Gasteiger partial charge in [0.15, 0.2) is 0 Å². The number of nitrogens with zero attached hydrogens (tertiary/aromatic N) is 2. The van der Waals surface area contributed by atoms with Gasteiger partial charge in [-0.25, -0.2) is 0 Å². The standard InChI is InChI=1S/C21H35N3O4S/c1-14(2)18-12-19(15(3)11-20(18)28-7)16(4)22-21(25)17-9-8-10-24(13-17)29(26,27)23(5)6/h11-12,14,16-17H,8-10,13H2,1-7H3,(H,22,25)/t16-,17+/m1/s1. The first-order chi connectivity index (χ1) is 13.5. The first kappa shape index (κ1) is 23.6. The maximum Gasteiger partial charge on any atom is 0.281 e. The minimum absolute atomic E-state index is 0.0996. The molecule has 8 heteroatoms. The van der Waals surface area contributed by atoms with Crippen molar-refractivity contribution in [2.45, 2.75) is 52.5 Å². The number of hydrogen-bond donors (Lipinski definition) is 1. The highest BCUT2D eigenvalue weighted by Gasteiger charge is 2.34. The highest BCUT2D eigenvalue weighted by molar-refractivity contribution is 7.86. The van der Waals surface area contributed by atoms with Crippen LogP contribution in [-0.4, -0.2) is 57.2 Å². The lowest BCUT2D eigenvalue weighted by atomic mass is 9.92. The minimum Gasteiger partial charge on any atom is -0.496 e. The van der Waals surface area contributed by atoms with Crippen LogP contribution in [0.4, 0.5) is 0 Å². The first-order valence-corrected chi connectivity index (χ1v) is 11.5. The number of ether oxygens (including phenoxy) is 1. The molecule has 0 saturated carbocycles. The van der Waals surface area contributed by atoms with Gasteiger partial charge in [0.2, 0.25) is 5.91 Å². The summed E-state index contributed by atoms with van der Waals surface area (Å²) in [6.07, 6.45) is 1.37. The molecule has 0 bridgehead atoms. The predicted octanol–water partition coefficient (Wildman–Crippen LogP) is 2.82. The van der Waals surface area contributed by atoms with Gasteiger partial charge in [0.1, 0.15) is 5.75 Å².